The molecule has 0 unspecified atom stereocenters. The van der Waals surface area contributed by atoms with Crippen LogP contribution in [-0.2, 0) is 0 Å². The minimum atomic E-state index is -0.259. The first-order chi connectivity index (χ1) is 10.9. The lowest BCUT2D eigenvalue weighted by atomic mass is 10.0. The Labute approximate surface area is 137 Å². The standard InChI is InChI=1S/C19H23FN2O/c1-13-5-6-16(11-14(13)2)19(23)21-12-18(22(3)4)15-7-9-17(20)10-8-15/h5-11,18H,12H2,1-4H3,(H,21,23)/t18-/m1/s1. The summed E-state index contributed by atoms with van der Waals surface area (Å²) < 4.78 is 13.1. The number of aryl methyl sites for hydroxylation is 2. The Morgan fingerprint density at radius 1 is 1.09 bits per heavy atom. The maximum absolute atomic E-state index is 13.1. The highest BCUT2D eigenvalue weighted by Gasteiger charge is 2.16. The molecule has 2 aromatic rings. The summed E-state index contributed by atoms with van der Waals surface area (Å²) >= 11 is 0. The molecule has 2 rings (SSSR count). The lowest BCUT2D eigenvalue weighted by Crippen LogP contribution is -2.34. The molecule has 2 aromatic carbocycles. The van der Waals surface area contributed by atoms with Crippen molar-refractivity contribution in [3.63, 3.8) is 0 Å². The minimum absolute atomic E-state index is 0.00825. The van der Waals surface area contributed by atoms with Crippen molar-refractivity contribution in [3.8, 4) is 0 Å². The van der Waals surface area contributed by atoms with Crippen molar-refractivity contribution in [2.75, 3.05) is 20.6 Å². The van der Waals surface area contributed by atoms with Crippen molar-refractivity contribution < 1.29 is 9.18 Å². The largest absolute Gasteiger partial charge is 0.350 e. The Morgan fingerprint density at radius 2 is 1.74 bits per heavy atom. The third-order valence-electron chi connectivity index (χ3n) is 4.10. The van der Waals surface area contributed by atoms with E-state index in [0.29, 0.717) is 12.1 Å². The van der Waals surface area contributed by atoms with Crippen LogP contribution < -0.4 is 5.32 Å². The number of carbonyl (C=O) groups is 1. The summed E-state index contributed by atoms with van der Waals surface area (Å²) in [5.74, 6) is -0.354. The van der Waals surface area contributed by atoms with Gasteiger partial charge in [-0.25, -0.2) is 4.39 Å². The van der Waals surface area contributed by atoms with Crippen LogP contribution in [0.5, 0.6) is 0 Å². The van der Waals surface area contributed by atoms with Gasteiger partial charge in [-0.3, -0.25) is 4.79 Å². The van der Waals surface area contributed by atoms with Gasteiger partial charge in [0.05, 0.1) is 6.04 Å². The van der Waals surface area contributed by atoms with E-state index in [2.05, 4.69) is 5.32 Å². The number of halogens is 1. The predicted octanol–water partition coefficient (Wildman–Crippen LogP) is 3.48. The highest BCUT2D eigenvalue weighted by Crippen LogP contribution is 2.18. The first-order valence-electron chi connectivity index (χ1n) is 7.66. The van der Waals surface area contributed by atoms with Crippen molar-refractivity contribution in [2.24, 2.45) is 0 Å². The fourth-order valence-corrected chi connectivity index (χ4v) is 2.46. The summed E-state index contributed by atoms with van der Waals surface area (Å²) in [7, 11) is 3.88. The molecular weight excluding hydrogens is 291 g/mol. The van der Waals surface area contributed by atoms with Crippen LogP contribution in [0.1, 0.15) is 33.1 Å². The molecule has 1 N–H and O–H groups in total. The van der Waals surface area contributed by atoms with Gasteiger partial charge in [0.2, 0.25) is 0 Å². The van der Waals surface area contributed by atoms with Gasteiger partial charge >= 0.3 is 0 Å². The molecule has 0 aromatic heterocycles. The topological polar surface area (TPSA) is 32.3 Å². The molecule has 1 atom stereocenters. The van der Waals surface area contributed by atoms with Gasteiger partial charge < -0.3 is 10.2 Å². The van der Waals surface area contributed by atoms with E-state index < -0.39 is 0 Å². The zero-order valence-electron chi connectivity index (χ0n) is 14.1. The Hall–Kier alpha value is -2.20. The fourth-order valence-electron chi connectivity index (χ4n) is 2.46. The molecule has 0 saturated carbocycles. The smallest absolute Gasteiger partial charge is 0.251 e. The van der Waals surface area contributed by atoms with Gasteiger partial charge in [-0.2, -0.15) is 0 Å². The van der Waals surface area contributed by atoms with Gasteiger partial charge in [-0.1, -0.05) is 18.2 Å². The Balaban J connectivity index is 2.07. The van der Waals surface area contributed by atoms with Crippen LogP contribution in [0.4, 0.5) is 4.39 Å². The van der Waals surface area contributed by atoms with Gasteiger partial charge in [-0.15, -0.1) is 0 Å². The van der Waals surface area contributed by atoms with E-state index in [1.165, 1.54) is 17.7 Å². The van der Waals surface area contributed by atoms with Crippen molar-refractivity contribution in [3.05, 3.63) is 70.5 Å². The zero-order valence-corrected chi connectivity index (χ0v) is 14.1. The number of hydrogen-bond acceptors (Lipinski definition) is 2. The molecule has 1 amide bonds. The number of hydrogen-bond donors (Lipinski definition) is 1. The Morgan fingerprint density at radius 3 is 2.30 bits per heavy atom. The van der Waals surface area contributed by atoms with Crippen molar-refractivity contribution in [2.45, 2.75) is 19.9 Å². The third-order valence-corrected chi connectivity index (χ3v) is 4.10. The average Bonchev–Trinajstić information content (AvgIpc) is 2.51. The van der Waals surface area contributed by atoms with E-state index in [0.717, 1.165) is 11.1 Å². The second-order valence-electron chi connectivity index (χ2n) is 6.04. The molecule has 23 heavy (non-hydrogen) atoms. The third kappa shape index (κ3) is 4.39. The van der Waals surface area contributed by atoms with Gasteiger partial charge in [0.15, 0.2) is 0 Å². The van der Waals surface area contributed by atoms with Crippen LogP contribution in [-0.4, -0.2) is 31.4 Å². The number of nitrogens with zero attached hydrogens (tertiary/aromatic N) is 1. The van der Waals surface area contributed by atoms with E-state index in [1.54, 1.807) is 12.1 Å². The monoisotopic (exact) mass is 314 g/mol. The molecule has 122 valence electrons. The Kier molecular flexibility index (Phi) is 5.50. The summed E-state index contributed by atoms with van der Waals surface area (Å²) in [6, 6.07) is 12.1. The highest BCUT2D eigenvalue weighted by atomic mass is 19.1. The molecule has 4 heteroatoms. The molecule has 0 spiro atoms. The lowest BCUT2D eigenvalue weighted by molar-refractivity contribution is 0.0942. The number of amides is 1. The van der Waals surface area contributed by atoms with Gasteiger partial charge in [-0.05, 0) is 68.9 Å². The molecule has 0 heterocycles. The van der Waals surface area contributed by atoms with Gasteiger partial charge in [0.25, 0.3) is 5.91 Å². The molecule has 0 bridgehead atoms. The minimum Gasteiger partial charge on any atom is -0.350 e. The molecule has 0 aliphatic rings. The summed E-state index contributed by atoms with van der Waals surface area (Å²) in [6.07, 6.45) is 0. The average molecular weight is 314 g/mol. The number of carbonyl (C=O) groups excluding carboxylic acids is 1. The molecule has 0 aliphatic carbocycles. The first-order valence-corrected chi connectivity index (χ1v) is 7.66. The highest BCUT2D eigenvalue weighted by molar-refractivity contribution is 5.94. The summed E-state index contributed by atoms with van der Waals surface area (Å²) in [6.45, 7) is 4.48. The number of rotatable bonds is 5. The number of likely N-dealkylation sites (N-methyl/N-ethyl adjacent to an activating group) is 1. The lowest BCUT2D eigenvalue weighted by Gasteiger charge is -2.25. The van der Waals surface area contributed by atoms with Crippen LogP contribution in [0.25, 0.3) is 0 Å². The summed E-state index contributed by atoms with van der Waals surface area (Å²) in [5, 5.41) is 2.97. The van der Waals surface area contributed by atoms with E-state index in [-0.39, 0.29) is 17.8 Å². The quantitative estimate of drug-likeness (QED) is 0.916. The van der Waals surface area contributed by atoms with Crippen molar-refractivity contribution in [1.29, 1.82) is 0 Å². The van der Waals surface area contributed by atoms with Crippen LogP contribution in [0.3, 0.4) is 0 Å². The summed E-state index contributed by atoms with van der Waals surface area (Å²) in [4.78, 5) is 14.3. The SMILES string of the molecule is Cc1ccc(C(=O)NC[C@H](c2ccc(F)cc2)N(C)C)cc1C. The maximum Gasteiger partial charge on any atom is 0.251 e. The van der Waals surface area contributed by atoms with Crippen LogP contribution >= 0.6 is 0 Å². The van der Waals surface area contributed by atoms with Gasteiger partial charge in [0.1, 0.15) is 5.82 Å². The first kappa shape index (κ1) is 17.2. The van der Waals surface area contributed by atoms with E-state index in [4.69, 9.17) is 0 Å². The molecule has 0 radical (unpaired) electrons. The van der Waals surface area contributed by atoms with E-state index >= 15 is 0 Å². The number of benzene rings is 2. The second kappa shape index (κ2) is 7.38. The second-order valence-corrected chi connectivity index (χ2v) is 6.04. The van der Waals surface area contributed by atoms with Crippen LogP contribution in [0, 0.1) is 19.7 Å². The van der Waals surface area contributed by atoms with Crippen LogP contribution in [0.15, 0.2) is 42.5 Å². The molecule has 3 nitrogen and oxygen atoms in total. The zero-order chi connectivity index (χ0) is 17.0. The van der Waals surface area contributed by atoms with E-state index in [1.807, 2.05) is 51.0 Å². The van der Waals surface area contributed by atoms with Crippen molar-refractivity contribution in [1.82, 2.24) is 10.2 Å². The molecule has 0 fully saturated rings. The molecular formula is C19H23FN2O. The molecule has 0 aliphatic heterocycles. The van der Waals surface area contributed by atoms with Crippen molar-refractivity contribution >= 4 is 5.91 Å². The van der Waals surface area contributed by atoms with E-state index in [9.17, 15) is 9.18 Å². The maximum atomic E-state index is 13.1. The van der Waals surface area contributed by atoms with Gasteiger partial charge in [0, 0.05) is 12.1 Å². The predicted molar refractivity (Wildman–Crippen MR) is 91.1 cm³/mol. The Bertz CT molecular complexity index is 680. The number of nitrogens with one attached hydrogen (secondary N) is 1. The normalized spacial score (nSPS) is 12.3. The fraction of sp³-hybridized carbons (Fsp3) is 0.316. The summed E-state index contributed by atoms with van der Waals surface area (Å²) in [5.41, 5.74) is 3.89. The van der Waals surface area contributed by atoms with Crippen LogP contribution in [0.2, 0.25) is 0 Å². The molecule has 0 saturated heterocycles.